The van der Waals surface area contributed by atoms with Gasteiger partial charge in [-0.15, -0.1) is 0 Å². The predicted molar refractivity (Wildman–Crippen MR) is 121 cm³/mol. The summed E-state index contributed by atoms with van der Waals surface area (Å²) in [4.78, 5) is 45.4. The first-order valence-corrected chi connectivity index (χ1v) is 11.1. The van der Waals surface area contributed by atoms with Crippen molar-refractivity contribution in [2.75, 3.05) is 51.3 Å². The number of para-hydroxylation sites is 1. The molecule has 1 unspecified atom stereocenters. The Morgan fingerprint density at radius 3 is 2.41 bits per heavy atom. The summed E-state index contributed by atoms with van der Waals surface area (Å²) in [6, 6.07) is 11.8. The second-order valence-electron chi connectivity index (χ2n) is 8.56. The number of amides is 2. The van der Waals surface area contributed by atoms with E-state index in [9.17, 15) is 23.9 Å². The van der Waals surface area contributed by atoms with E-state index < -0.39 is 34.7 Å². The van der Waals surface area contributed by atoms with Gasteiger partial charge in [-0.3, -0.25) is 19.3 Å². The van der Waals surface area contributed by atoms with Crippen molar-refractivity contribution in [2.45, 2.75) is 5.54 Å². The maximum Gasteiger partial charge on any atom is 0.296 e. The normalized spacial score (nSPS) is 24.4. The number of ether oxygens (including phenoxy) is 1. The summed E-state index contributed by atoms with van der Waals surface area (Å²) in [5, 5.41) is 11.2. The topological polar surface area (TPSA) is 90.4 Å². The number of fused-ring (bicyclic) bond motifs is 2. The van der Waals surface area contributed by atoms with E-state index in [0.717, 1.165) is 12.1 Å². The van der Waals surface area contributed by atoms with Gasteiger partial charge in [-0.25, -0.2) is 4.39 Å². The first-order valence-electron chi connectivity index (χ1n) is 11.1. The number of Topliss-reactive ketones (excluding diaryl/α,β-unsaturated/α-hetero) is 1. The summed E-state index contributed by atoms with van der Waals surface area (Å²) >= 11 is 0. The van der Waals surface area contributed by atoms with Crippen LogP contribution in [0.15, 0.2) is 54.1 Å². The van der Waals surface area contributed by atoms with Crippen molar-refractivity contribution in [2.24, 2.45) is 0 Å². The average molecular weight is 465 g/mol. The van der Waals surface area contributed by atoms with Gasteiger partial charge in [0.1, 0.15) is 11.6 Å². The second-order valence-corrected chi connectivity index (χ2v) is 8.56. The summed E-state index contributed by atoms with van der Waals surface area (Å²) in [6.07, 6.45) is 0. The molecule has 2 amide bonds. The Hall–Kier alpha value is -3.56. The Morgan fingerprint density at radius 2 is 1.71 bits per heavy atom. The number of ketones is 1. The van der Waals surface area contributed by atoms with Gasteiger partial charge in [0.2, 0.25) is 0 Å². The lowest BCUT2D eigenvalue weighted by Gasteiger charge is -2.36. The van der Waals surface area contributed by atoms with Gasteiger partial charge in [-0.05, 0) is 30.3 Å². The van der Waals surface area contributed by atoms with Crippen LogP contribution in [0.25, 0.3) is 5.76 Å². The standard InChI is InChI=1S/C25H24FN3O5/c1-27-19-5-3-2-4-18(19)25(24(27)33)20(21(30)16-6-8-17(26)9-7-16)22(31)23(32)29(25)11-10-28-12-14-34-15-13-28/h2-9,30H,10-15H2,1H3. The molecule has 3 aliphatic rings. The van der Waals surface area contributed by atoms with Crippen LogP contribution >= 0.6 is 0 Å². The molecule has 0 radical (unpaired) electrons. The van der Waals surface area contributed by atoms with E-state index in [1.54, 1.807) is 31.3 Å². The molecule has 0 bridgehead atoms. The van der Waals surface area contributed by atoms with Gasteiger partial charge in [0.05, 0.1) is 18.8 Å². The number of rotatable bonds is 4. The SMILES string of the molecule is CN1C(=O)C2(C(=C(O)c3ccc(F)cc3)C(=O)C(=O)N2CCN2CCOCC2)c2ccccc21. The zero-order valence-corrected chi connectivity index (χ0v) is 18.7. The van der Waals surface area contributed by atoms with Crippen molar-refractivity contribution < 1.29 is 28.6 Å². The maximum absolute atomic E-state index is 13.9. The van der Waals surface area contributed by atoms with E-state index in [1.807, 2.05) is 0 Å². The smallest absolute Gasteiger partial charge is 0.296 e. The first kappa shape index (κ1) is 22.2. The molecule has 9 heteroatoms. The summed E-state index contributed by atoms with van der Waals surface area (Å²) in [5.74, 6) is -3.32. The van der Waals surface area contributed by atoms with Crippen LogP contribution in [0.4, 0.5) is 10.1 Å². The minimum atomic E-state index is -1.80. The van der Waals surface area contributed by atoms with Gasteiger partial charge in [-0.1, -0.05) is 18.2 Å². The van der Waals surface area contributed by atoms with E-state index in [1.165, 1.54) is 21.9 Å². The van der Waals surface area contributed by atoms with Crippen molar-refractivity contribution in [1.82, 2.24) is 9.80 Å². The fraction of sp³-hybridized carbons (Fsp3) is 0.320. The van der Waals surface area contributed by atoms with Crippen LogP contribution < -0.4 is 4.90 Å². The predicted octanol–water partition coefficient (Wildman–Crippen LogP) is 1.71. The number of carbonyl (C=O) groups excluding carboxylic acids is 3. The van der Waals surface area contributed by atoms with Crippen LogP contribution in [0, 0.1) is 5.82 Å². The van der Waals surface area contributed by atoms with Crippen molar-refractivity contribution in [3.63, 3.8) is 0 Å². The number of halogens is 1. The van der Waals surface area contributed by atoms with Crippen LogP contribution in [-0.4, -0.2) is 78.9 Å². The summed E-state index contributed by atoms with van der Waals surface area (Å²) in [7, 11) is 1.58. The monoisotopic (exact) mass is 465 g/mol. The summed E-state index contributed by atoms with van der Waals surface area (Å²) < 4.78 is 18.9. The van der Waals surface area contributed by atoms with Crippen LogP contribution in [0.2, 0.25) is 0 Å². The van der Waals surface area contributed by atoms with Gasteiger partial charge >= 0.3 is 0 Å². The highest BCUT2D eigenvalue weighted by Gasteiger charge is 2.66. The number of aliphatic hydroxyl groups excluding tert-OH is 1. The molecular weight excluding hydrogens is 441 g/mol. The highest BCUT2D eigenvalue weighted by Crippen LogP contribution is 2.53. The molecule has 5 rings (SSSR count). The molecular formula is C25H24FN3O5. The van der Waals surface area contributed by atoms with E-state index in [2.05, 4.69) is 4.90 Å². The highest BCUT2D eigenvalue weighted by atomic mass is 19.1. The Labute approximate surface area is 195 Å². The average Bonchev–Trinajstić information content (AvgIpc) is 3.22. The van der Waals surface area contributed by atoms with Gasteiger partial charge in [0.25, 0.3) is 17.6 Å². The van der Waals surface area contributed by atoms with E-state index in [4.69, 9.17) is 4.74 Å². The second kappa shape index (κ2) is 8.34. The molecule has 0 aromatic heterocycles. The molecule has 0 aliphatic carbocycles. The van der Waals surface area contributed by atoms with Crippen LogP contribution in [-0.2, 0) is 24.7 Å². The Morgan fingerprint density at radius 1 is 1.03 bits per heavy atom. The lowest BCUT2D eigenvalue weighted by Crippen LogP contribution is -2.53. The molecule has 1 atom stereocenters. The lowest BCUT2D eigenvalue weighted by molar-refractivity contribution is -0.144. The molecule has 1 spiro atoms. The first-order chi connectivity index (χ1) is 16.4. The van der Waals surface area contributed by atoms with Gasteiger partial charge in [0.15, 0.2) is 5.54 Å². The molecule has 2 aromatic rings. The quantitative estimate of drug-likeness (QED) is 0.420. The molecule has 8 nitrogen and oxygen atoms in total. The molecule has 176 valence electrons. The van der Waals surface area contributed by atoms with Crippen LogP contribution in [0.5, 0.6) is 0 Å². The van der Waals surface area contributed by atoms with Crippen LogP contribution in [0.3, 0.4) is 0 Å². The van der Waals surface area contributed by atoms with Crippen molar-refractivity contribution in [3.05, 3.63) is 71.0 Å². The number of carbonyl (C=O) groups is 3. The molecule has 2 saturated heterocycles. The Bertz CT molecular complexity index is 1210. The number of benzene rings is 2. The zero-order valence-electron chi connectivity index (χ0n) is 18.7. The number of morpholine rings is 1. The van der Waals surface area contributed by atoms with Gasteiger partial charge in [-0.2, -0.15) is 0 Å². The van der Waals surface area contributed by atoms with Gasteiger partial charge < -0.3 is 19.6 Å². The Balaban J connectivity index is 1.69. The third-order valence-electron chi connectivity index (χ3n) is 6.80. The third-order valence-corrected chi connectivity index (χ3v) is 6.80. The fourth-order valence-corrected chi connectivity index (χ4v) is 5.09. The van der Waals surface area contributed by atoms with E-state index in [0.29, 0.717) is 44.1 Å². The van der Waals surface area contributed by atoms with Gasteiger partial charge in [0, 0.05) is 50.0 Å². The van der Waals surface area contributed by atoms with Crippen molar-refractivity contribution in [1.29, 1.82) is 0 Å². The zero-order chi connectivity index (χ0) is 24.0. The number of aliphatic hydroxyl groups is 1. The highest BCUT2D eigenvalue weighted by molar-refractivity contribution is 6.50. The molecule has 2 aromatic carbocycles. The minimum absolute atomic E-state index is 0.110. The number of likely N-dealkylation sites (N-methyl/N-ethyl adjacent to an activating group) is 1. The van der Waals surface area contributed by atoms with Crippen LogP contribution in [0.1, 0.15) is 11.1 Å². The van der Waals surface area contributed by atoms with E-state index in [-0.39, 0.29) is 17.7 Å². The number of hydrogen-bond acceptors (Lipinski definition) is 6. The maximum atomic E-state index is 13.9. The number of nitrogens with zero attached hydrogens (tertiary/aromatic N) is 3. The molecule has 1 N–H and O–H groups in total. The third kappa shape index (κ3) is 3.15. The largest absolute Gasteiger partial charge is 0.507 e. The van der Waals surface area contributed by atoms with Crippen molar-refractivity contribution >= 4 is 29.0 Å². The molecule has 0 saturated carbocycles. The molecule has 3 aliphatic heterocycles. The molecule has 2 fully saturated rings. The summed E-state index contributed by atoms with van der Waals surface area (Å²) in [6.45, 7) is 3.04. The lowest BCUT2D eigenvalue weighted by atomic mass is 9.82. The number of anilines is 1. The number of likely N-dealkylation sites (tertiary alicyclic amines) is 1. The summed E-state index contributed by atoms with van der Waals surface area (Å²) in [5.41, 5.74) is -0.952. The Kier molecular flexibility index (Phi) is 5.45. The van der Waals surface area contributed by atoms with E-state index >= 15 is 0 Å². The molecule has 34 heavy (non-hydrogen) atoms. The van der Waals surface area contributed by atoms with Crippen molar-refractivity contribution in [3.8, 4) is 0 Å². The fourth-order valence-electron chi connectivity index (χ4n) is 5.09. The molecule has 3 heterocycles. The minimum Gasteiger partial charge on any atom is -0.507 e. The number of hydrogen-bond donors (Lipinski definition) is 1.